The molecule has 0 aliphatic rings. The highest BCUT2D eigenvalue weighted by Gasteiger charge is 2.18. The zero-order valence-electron chi connectivity index (χ0n) is 20.9. The van der Waals surface area contributed by atoms with Crippen LogP contribution in [0.4, 0.5) is 10.5 Å². The fourth-order valence-electron chi connectivity index (χ4n) is 3.75. The summed E-state index contributed by atoms with van der Waals surface area (Å²) in [5.41, 5.74) is 9.45. The summed E-state index contributed by atoms with van der Waals surface area (Å²) in [6.07, 6.45) is 5.02. The number of carbonyl (C=O) groups is 1. The lowest BCUT2D eigenvalue weighted by Crippen LogP contribution is -2.26. The molecule has 2 aromatic carbocycles. The molecule has 0 fully saturated rings. The van der Waals surface area contributed by atoms with Gasteiger partial charge >= 0.3 is 6.09 Å². The maximum Gasteiger partial charge on any atom is 0.418 e. The number of carbonyl (C=O) groups excluding carboxylic acids is 1. The van der Waals surface area contributed by atoms with Crippen LogP contribution in [0.3, 0.4) is 0 Å². The van der Waals surface area contributed by atoms with Crippen molar-refractivity contribution in [2.45, 2.75) is 58.8 Å². The molecule has 7 nitrogen and oxygen atoms in total. The van der Waals surface area contributed by atoms with E-state index in [0.29, 0.717) is 12.4 Å². The van der Waals surface area contributed by atoms with Crippen LogP contribution in [-0.4, -0.2) is 40.7 Å². The molecule has 0 saturated carbocycles. The predicted octanol–water partition coefficient (Wildman–Crippen LogP) is 6.34. The molecule has 34 heavy (non-hydrogen) atoms. The summed E-state index contributed by atoms with van der Waals surface area (Å²) in [5.74, 6) is 0. The van der Waals surface area contributed by atoms with Crippen LogP contribution in [0.1, 0.15) is 20.8 Å². The van der Waals surface area contributed by atoms with Crippen LogP contribution in [0.2, 0.25) is 25.7 Å². The molecule has 2 heterocycles. The summed E-state index contributed by atoms with van der Waals surface area (Å²) in [4.78, 5) is 12.4. The van der Waals surface area contributed by atoms with Crippen LogP contribution in [0, 0.1) is 0 Å². The molecule has 0 unspecified atom stereocenters. The van der Waals surface area contributed by atoms with Crippen LogP contribution in [0.25, 0.3) is 32.8 Å². The van der Waals surface area contributed by atoms with E-state index < -0.39 is 19.8 Å². The Labute approximate surface area is 201 Å². The maximum atomic E-state index is 12.4. The Morgan fingerprint density at radius 1 is 1.06 bits per heavy atom. The molecule has 0 atom stereocenters. The van der Waals surface area contributed by atoms with Gasteiger partial charge in [-0.15, -0.1) is 0 Å². The molecule has 4 rings (SSSR count). The number of aromatic nitrogens is 3. The highest BCUT2D eigenvalue weighted by atomic mass is 28.3. The molecular formula is C26H34N4O3Si. The van der Waals surface area contributed by atoms with Crippen molar-refractivity contribution in [3.05, 3.63) is 48.9 Å². The minimum absolute atomic E-state index is 0.398. The van der Waals surface area contributed by atoms with Gasteiger partial charge in [-0.1, -0.05) is 31.8 Å². The van der Waals surface area contributed by atoms with E-state index in [4.69, 9.17) is 15.2 Å². The zero-order valence-corrected chi connectivity index (χ0v) is 21.9. The SMILES string of the molecule is CC(C)(C)OC(=O)n1cc2ccc(-c3cc4cnn(COCC[Si](C)(C)C)c4cc3N)cc2c1. The normalized spacial score (nSPS) is 12.5. The number of hydrogen-bond acceptors (Lipinski definition) is 5. The Bertz CT molecular complexity index is 1340. The number of benzene rings is 2. The molecule has 0 amide bonds. The molecule has 0 aliphatic carbocycles. The molecule has 4 aromatic rings. The van der Waals surface area contributed by atoms with Gasteiger partial charge in [-0.3, -0.25) is 4.57 Å². The maximum absolute atomic E-state index is 12.4. The Balaban J connectivity index is 1.57. The van der Waals surface area contributed by atoms with Gasteiger partial charge in [0.05, 0.1) is 11.7 Å². The topological polar surface area (TPSA) is 84.3 Å². The number of nitrogens with zero attached hydrogens (tertiary/aromatic N) is 3. The Hall–Kier alpha value is -3.10. The fraction of sp³-hybridized carbons (Fsp3) is 0.385. The van der Waals surface area contributed by atoms with E-state index in [1.54, 1.807) is 12.4 Å². The fourth-order valence-corrected chi connectivity index (χ4v) is 4.51. The summed E-state index contributed by atoms with van der Waals surface area (Å²) >= 11 is 0. The number of nitrogens with two attached hydrogens (primary N) is 1. The first-order chi connectivity index (χ1) is 15.9. The van der Waals surface area contributed by atoms with Crippen LogP contribution < -0.4 is 5.73 Å². The lowest BCUT2D eigenvalue weighted by atomic mass is 10.0. The first kappa shape index (κ1) is 24.0. The van der Waals surface area contributed by atoms with Crippen LogP contribution >= 0.6 is 0 Å². The molecular weight excluding hydrogens is 444 g/mol. The van der Waals surface area contributed by atoms with Crippen LogP contribution in [-0.2, 0) is 16.2 Å². The summed E-state index contributed by atoms with van der Waals surface area (Å²) in [6, 6.07) is 11.2. The third kappa shape index (κ3) is 5.51. The smallest absolute Gasteiger partial charge is 0.418 e. The van der Waals surface area contributed by atoms with Gasteiger partial charge in [0.15, 0.2) is 0 Å². The number of rotatable bonds is 6. The number of fused-ring (bicyclic) bond motifs is 2. The van der Waals surface area contributed by atoms with E-state index in [0.717, 1.165) is 45.5 Å². The quantitative estimate of drug-likeness (QED) is 0.199. The Kier molecular flexibility index (Phi) is 6.31. The second-order valence-electron chi connectivity index (χ2n) is 11.0. The molecule has 8 heteroatoms. The Morgan fingerprint density at radius 2 is 1.79 bits per heavy atom. The summed E-state index contributed by atoms with van der Waals surface area (Å²) in [6.45, 7) is 13.7. The van der Waals surface area contributed by atoms with Gasteiger partial charge in [0, 0.05) is 54.5 Å². The Morgan fingerprint density at radius 3 is 2.50 bits per heavy atom. The molecule has 0 saturated heterocycles. The van der Waals surface area contributed by atoms with Gasteiger partial charge in [-0.25, -0.2) is 9.48 Å². The first-order valence-corrected chi connectivity index (χ1v) is 15.3. The summed E-state index contributed by atoms with van der Waals surface area (Å²) in [7, 11) is -1.12. The minimum Gasteiger partial charge on any atom is -0.443 e. The first-order valence-electron chi connectivity index (χ1n) is 11.6. The zero-order chi connectivity index (χ0) is 24.7. The molecule has 0 bridgehead atoms. The van der Waals surface area contributed by atoms with Crippen molar-refractivity contribution >= 4 is 41.5 Å². The number of nitrogen functional groups attached to an aromatic ring is 1. The largest absolute Gasteiger partial charge is 0.443 e. The molecule has 2 aromatic heterocycles. The second-order valence-corrected chi connectivity index (χ2v) is 16.6. The van der Waals surface area contributed by atoms with Crippen LogP contribution in [0.15, 0.2) is 48.9 Å². The average Bonchev–Trinajstić information content (AvgIpc) is 3.32. The molecule has 0 spiro atoms. The molecule has 0 aliphatic heterocycles. The van der Waals surface area contributed by atoms with Gasteiger partial charge in [-0.2, -0.15) is 5.10 Å². The van der Waals surface area contributed by atoms with Crippen molar-refractivity contribution in [1.82, 2.24) is 14.3 Å². The van der Waals surface area contributed by atoms with E-state index >= 15 is 0 Å². The van der Waals surface area contributed by atoms with Crippen molar-refractivity contribution < 1.29 is 14.3 Å². The highest BCUT2D eigenvalue weighted by Crippen LogP contribution is 2.33. The van der Waals surface area contributed by atoms with E-state index in [2.05, 4.69) is 30.8 Å². The summed E-state index contributed by atoms with van der Waals surface area (Å²) in [5, 5.41) is 7.40. The van der Waals surface area contributed by atoms with E-state index in [-0.39, 0.29) is 0 Å². The van der Waals surface area contributed by atoms with Crippen molar-refractivity contribution in [2.75, 3.05) is 12.3 Å². The molecule has 2 N–H and O–H groups in total. The predicted molar refractivity (Wildman–Crippen MR) is 141 cm³/mol. The number of hydrogen-bond donors (Lipinski definition) is 1. The van der Waals surface area contributed by atoms with E-state index in [1.807, 2.05) is 55.9 Å². The minimum atomic E-state index is -1.12. The van der Waals surface area contributed by atoms with Gasteiger partial charge in [0.25, 0.3) is 0 Å². The van der Waals surface area contributed by atoms with Gasteiger partial charge in [0.1, 0.15) is 12.3 Å². The third-order valence-corrected chi connectivity index (χ3v) is 7.29. The highest BCUT2D eigenvalue weighted by molar-refractivity contribution is 6.76. The van der Waals surface area contributed by atoms with Gasteiger partial charge in [0.2, 0.25) is 0 Å². The van der Waals surface area contributed by atoms with E-state index in [1.165, 1.54) is 4.57 Å². The standard InChI is InChI=1S/C26H34N4O3Si/c1-26(2,3)33-25(31)29-15-19-8-7-18(11-21(19)16-29)22-12-20-14-28-30(24(20)13-23(22)27)17-32-9-10-34(4,5)6/h7-8,11-16H,9-10,17,27H2,1-6H3. The summed E-state index contributed by atoms with van der Waals surface area (Å²) < 4.78 is 14.7. The molecule has 180 valence electrons. The van der Waals surface area contributed by atoms with E-state index in [9.17, 15) is 4.79 Å². The van der Waals surface area contributed by atoms with Crippen molar-refractivity contribution in [1.29, 1.82) is 0 Å². The lowest BCUT2D eigenvalue weighted by Gasteiger charge is -2.19. The van der Waals surface area contributed by atoms with Crippen molar-refractivity contribution in [3.63, 3.8) is 0 Å². The lowest BCUT2D eigenvalue weighted by molar-refractivity contribution is 0.0538. The number of anilines is 1. The average molecular weight is 479 g/mol. The second kappa shape index (κ2) is 8.92. The third-order valence-electron chi connectivity index (χ3n) is 5.58. The van der Waals surface area contributed by atoms with Crippen LogP contribution in [0.5, 0.6) is 0 Å². The van der Waals surface area contributed by atoms with Crippen molar-refractivity contribution in [3.8, 4) is 11.1 Å². The number of ether oxygens (including phenoxy) is 2. The molecule has 0 radical (unpaired) electrons. The van der Waals surface area contributed by atoms with Gasteiger partial charge in [-0.05, 0) is 50.6 Å². The van der Waals surface area contributed by atoms with Crippen molar-refractivity contribution in [2.24, 2.45) is 0 Å². The monoisotopic (exact) mass is 478 g/mol. The van der Waals surface area contributed by atoms with Gasteiger partial charge < -0.3 is 15.2 Å².